The van der Waals surface area contributed by atoms with Gasteiger partial charge in [0.1, 0.15) is 11.2 Å². The molecule has 0 fully saturated rings. The Bertz CT molecular complexity index is 2500. The van der Waals surface area contributed by atoms with Gasteiger partial charge >= 0.3 is 8.16 Å². The SMILES string of the molecule is C[C@H](c1cccc2ccccc12)N([C@H](C)c1cccc2ccccc12)p1oc2ccc3ccccc3c2c2c(ccc3ccccc32)o1. The predicted octanol–water partition coefficient (Wildman–Crippen LogP) is 13.4. The van der Waals surface area contributed by atoms with Crippen LogP contribution in [0.15, 0.2) is 166 Å². The van der Waals surface area contributed by atoms with E-state index in [1.165, 1.54) is 43.4 Å². The van der Waals surface area contributed by atoms with E-state index in [0.717, 1.165) is 32.7 Å². The van der Waals surface area contributed by atoms with Crippen LogP contribution in [0.2, 0.25) is 0 Å². The molecule has 0 aliphatic carbocycles. The maximum absolute atomic E-state index is 7.24. The van der Waals surface area contributed by atoms with Gasteiger partial charge < -0.3 is 8.39 Å². The van der Waals surface area contributed by atoms with Crippen LogP contribution in [0.25, 0.3) is 65.0 Å². The van der Waals surface area contributed by atoms with E-state index >= 15 is 0 Å². The van der Waals surface area contributed by atoms with E-state index in [0.29, 0.717) is 0 Å². The molecule has 0 aliphatic rings. The van der Waals surface area contributed by atoms with Crippen LogP contribution in [0.1, 0.15) is 37.1 Å². The quantitative estimate of drug-likeness (QED) is 0.188. The lowest BCUT2D eigenvalue weighted by Crippen LogP contribution is -2.27. The average Bonchev–Trinajstić information content (AvgIpc) is 3.31. The molecule has 9 rings (SSSR count). The van der Waals surface area contributed by atoms with Crippen molar-refractivity contribution >= 4 is 73.2 Å². The van der Waals surface area contributed by atoms with Gasteiger partial charge in [0.2, 0.25) is 0 Å². The van der Waals surface area contributed by atoms with E-state index in [2.05, 4.69) is 176 Å². The van der Waals surface area contributed by atoms with Crippen LogP contribution in [0.4, 0.5) is 0 Å². The summed E-state index contributed by atoms with van der Waals surface area (Å²) in [6.07, 6.45) is 0. The first-order valence-corrected chi connectivity index (χ1v) is 17.7. The molecule has 0 saturated carbocycles. The van der Waals surface area contributed by atoms with Gasteiger partial charge in [0.25, 0.3) is 0 Å². The molecular weight excluding hydrogens is 605 g/mol. The Kier molecular flexibility index (Phi) is 7.04. The predicted molar refractivity (Wildman–Crippen MR) is 204 cm³/mol. The van der Waals surface area contributed by atoms with Crippen molar-refractivity contribution in [2.75, 3.05) is 4.67 Å². The van der Waals surface area contributed by atoms with Crippen molar-refractivity contribution in [3.05, 3.63) is 169 Å². The zero-order valence-corrected chi connectivity index (χ0v) is 27.8. The Morgan fingerprint density at radius 3 is 1.19 bits per heavy atom. The maximum Gasteiger partial charge on any atom is 0.310 e. The summed E-state index contributed by atoms with van der Waals surface area (Å²) in [5, 5.41) is 11.8. The van der Waals surface area contributed by atoms with E-state index in [-0.39, 0.29) is 12.1 Å². The molecule has 0 bridgehead atoms. The second-order valence-corrected chi connectivity index (χ2v) is 13.9. The van der Waals surface area contributed by atoms with Crippen molar-refractivity contribution in [1.82, 2.24) is 0 Å². The van der Waals surface area contributed by atoms with E-state index < -0.39 is 8.16 Å². The minimum absolute atomic E-state index is 0.0397. The standard InChI is InChI=1S/C44H34NO2P/c1-29(35-23-11-17-31-13-3-7-19-37(31)35)45(30(2)36-24-12-18-32-14-4-8-20-38(32)36)48-46-41-27-25-33-15-5-9-21-39(33)43(41)44-40-22-10-6-16-34(40)26-28-42(44)47-48/h3-30H,1-2H3/t29-,30-/m1/s1. The molecule has 3 nitrogen and oxygen atoms in total. The van der Waals surface area contributed by atoms with Gasteiger partial charge in [-0.15, -0.1) is 0 Å². The molecule has 1 aromatic heterocycles. The summed E-state index contributed by atoms with van der Waals surface area (Å²) in [5.74, 6) is 0. The third-order valence-corrected chi connectivity index (χ3v) is 11.7. The Labute approximate surface area is 280 Å². The first-order chi connectivity index (χ1) is 23.7. The molecule has 0 aliphatic heterocycles. The summed E-state index contributed by atoms with van der Waals surface area (Å²) in [7, 11) is -1.65. The lowest BCUT2D eigenvalue weighted by Gasteiger charge is -2.33. The lowest BCUT2D eigenvalue weighted by molar-refractivity contribution is 0.561. The smallest absolute Gasteiger partial charge is 0.310 e. The van der Waals surface area contributed by atoms with Gasteiger partial charge in [-0.05, 0) is 80.2 Å². The number of hydrogen-bond acceptors (Lipinski definition) is 3. The van der Waals surface area contributed by atoms with Gasteiger partial charge in [-0.2, -0.15) is 4.67 Å². The second kappa shape index (κ2) is 11.7. The molecule has 9 aromatic rings. The molecule has 4 heteroatoms. The fourth-order valence-electron chi connectivity index (χ4n) is 7.58. The highest BCUT2D eigenvalue weighted by Crippen LogP contribution is 2.49. The zero-order valence-electron chi connectivity index (χ0n) is 26.9. The van der Waals surface area contributed by atoms with Gasteiger partial charge in [-0.25, -0.2) is 0 Å². The molecule has 0 unspecified atom stereocenters. The molecule has 0 N–H and O–H groups in total. The van der Waals surface area contributed by atoms with E-state index in [1.54, 1.807) is 0 Å². The van der Waals surface area contributed by atoms with Crippen molar-refractivity contribution in [2.24, 2.45) is 0 Å². The van der Waals surface area contributed by atoms with Crippen LogP contribution in [0, 0.1) is 0 Å². The second-order valence-electron chi connectivity index (χ2n) is 12.6. The summed E-state index contributed by atoms with van der Waals surface area (Å²) in [5.41, 5.74) is 4.18. The monoisotopic (exact) mass is 639 g/mol. The summed E-state index contributed by atoms with van der Waals surface area (Å²) in [6.45, 7) is 4.60. The Hall–Kier alpha value is -5.34. The Morgan fingerprint density at radius 1 is 0.396 bits per heavy atom. The molecule has 2 atom stereocenters. The number of hydrogen-bond donors (Lipinski definition) is 0. The number of fused-ring (bicyclic) bond motifs is 9. The molecule has 8 aromatic carbocycles. The highest BCUT2D eigenvalue weighted by Gasteiger charge is 2.31. The van der Waals surface area contributed by atoms with Crippen LogP contribution in [0.3, 0.4) is 0 Å². The van der Waals surface area contributed by atoms with Gasteiger partial charge in [0.05, 0.1) is 0 Å². The van der Waals surface area contributed by atoms with Crippen LogP contribution in [-0.4, -0.2) is 0 Å². The number of nitrogens with zero attached hydrogens (tertiary/aromatic N) is 1. The van der Waals surface area contributed by atoms with Crippen molar-refractivity contribution < 1.29 is 8.39 Å². The normalized spacial score (nSPS) is 13.2. The zero-order chi connectivity index (χ0) is 32.2. The highest BCUT2D eigenvalue weighted by atomic mass is 31.1. The molecule has 232 valence electrons. The maximum atomic E-state index is 7.24. The summed E-state index contributed by atoms with van der Waals surface area (Å²) in [6, 6.07) is 56.2. The lowest BCUT2D eigenvalue weighted by atomic mass is 9.96. The molecule has 0 amide bonds. The third kappa shape index (κ3) is 4.70. The molecule has 0 saturated heterocycles. The summed E-state index contributed by atoms with van der Waals surface area (Å²) in [4.78, 5) is 0. The van der Waals surface area contributed by atoms with Gasteiger partial charge in [-0.1, -0.05) is 146 Å². The van der Waals surface area contributed by atoms with Crippen molar-refractivity contribution in [1.29, 1.82) is 0 Å². The fourth-order valence-corrected chi connectivity index (χ4v) is 9.27. The van der Waals surface area contributed by atoms with Gasteiger partial charge in [0.15, 0.2) is 0 Å². The fraction of sp³-hybridized carbons (Fsp3) is 0.0909. The first-order valence-electron chi connectivity index (χ1n) is 16.6. The van der Waals surface area contributed by atoms with Crippen LogP contribution >= 0.6 is 8.16 Å². The molecular formula is C44H34NO2P. The third-order valence-electron chi connectivity index (χ3n) is 9.91. The topological polar surface area (TPSA) is 29.5 Å². The minimum Gasteiger partial charge on any atom is -0.408 e. The Balaban J connectivity index is 1.39. The van der Waals surface area contributed by atoms with Crippen molar-refractivity contribution in [3.63, 3.8) is 0 Å². The minimum atomic E-state index is -1.65. The summed E-state index contributed by atoms with van der Waals surface area (Å²) < 4.78 is 16.9. The van der Waals surface area contributed by atoms with Gasteiger partial charge in [0, 0.05) is 22.9 Å². The van der Waals surface area contributed by atoms with E-state index in [9.17, 15) is 0 Å². The molecule has 1 heterocycles. The molecule has 0 radical (unpaired) electrons. The largest absolute Gasteiger partial charge is 0.408 e. The highest BCUT2D eigenvalue weighted by molar-refractivity contribution is 7.39. The first kappa shape index (κ1) is 28.8. The van der Waals surface area contributed by atoms with Crippen LogP contribution < -0.4 is 4.67 Å². The van der Waals surface area contributed by atoms with Gasteiger partial charge in [-0.3, -0.25) is 0 Å². The summed E-state index contributed by atoms with van der Waals surface area (Å²) >= 11 is 0. The van der Waals surface area contributed by atoms with Crippen LogP contribution in [0.5, 0.6) is 0 Å². The van der Waals surface area contributed by atoms with Crippen LogP contribution in [-0.2, 0) is 0 Å². The van der Waals surface area contributed by atoms with Crippen molar-refractivity contribution in [2.45, 2.75) is 25.9 Å². The Morgan fingerprint density at radius 2 is 0.750 bits per heavy atom. The van der Waals surface area contributed by atoms with Crippen molar-refractivity contribution in [3.8, 4) is 0 Å². The molecule has 48 heavy (non-hydrogen) atoms. The number of rotatable bonds is 5. The average molecular weight is 640 g/mol. The molecule has 0 spiro atoms. The van der Waals surface area contributed by atoms with E-state index in [1.807, 2.05) is 0 Å². The number of benzene rings is 8. The van der Waals surface area contributed by atoms with E-state index in [4.69, 9.17) is 8.39 Å².